The Morgan fingerprint density at radius 2 is 2.07 bits per heavy atom. The van der Waals surface area contributed by atoms with Gasteiger partial charge >= 0.3 is 0 Å². The van der Waals surface area contributed by atoms with Crippen molar-refractivity contribution >= 4 is 23.2 Å². The van der Waals surface area contributed by atoms with E-state index in [0.29, 0.717) is 22.8 Å². The maximum absolute atomic E-state index is 12.6. The number of nitrogens with zero attached hydrogens (tertiary/aromatic N) is 4. The van der Waals surface area contributed by atoms with Gasteiger partial charge in [0, 0.05) is 24.0 Å². The van der Waals surface area contributed by atoms with Crippen molar-refractivity contribution in [3.05, 3.63) is 77.1 Å². The number of hydrogen-bond donors (Lipinski definition) is 1. The Kier molecular flexibility index (Phi) is 6.09. The number of carbonyl (C=O) groups is 1. The predicted octanol–water partition coefficient (Wildman–Crippen LogP) is 3.86. The minimum absolute atomic E-state index is 0.154. The molecule has 7 heteroatoms. The first-order valence-electron chi connectivity index (χ1n) is 8.77. The average Bonchev–Trinajstić information content (AvgIpc) is 3.16. The molecule has 0 bridgehead atoms. The lowest BCUT2D eigenvalue weighted by atomic mass is 10.2. The van der Waals surface area contributed by atoms with Gasteiger partial charge in [0.15, 0.2) is 0 Å². The summed E-state index contributed by atoms with van der Waals surface area (Å²) in [4.78, 5) is 14.5. The summed E-state index contributed by atoms with van der Waals surface area (Å²) in [5, 5.41) is 16.5. The molecule has 0 aliphatic carbocycles. The van der Waals surface area contributed by atoms with Crippen LogP contribution in [0, 0.1) is 11.3 Å². The van der Waals surface area contributed by atoms with Crippen LogP contribution >= 0.6 is 11.6 Å². The second-order valence-electron chi connectivity index (χ2n) is 6.52. The van der Waals surface area contributed by atoms with Gasteiger partial charge in [-0.25, -0.2) is 4.68 Å². The fraction of sp³-hybridized carbons (Fsp3) is 0.190. The summed E-state index contributed by atoms with van der Waals surface area (Å²) in [5.41, 5.74) is 2.93. The van der Waals surface area contributed by atoms with Crippen molar-refractivity contribution in [3.63, 3.8) is 0 Å². The van der Waals surface area contributed by atoms with Crippen molar-refractivity contribution in [2.45, 2.75) is 19.5 Å². The number of likely N-dealkylation sites (N-methyl/N-ethyl adjacent to an activating group) is 1. The van der Waals surface area contributed by atoms with Gasteiger partial charge in [0.1, 0.15) is 6.07 Å². The first-order chi connectivity index (χ1) is 13.5. The van der Waals surface area contributed by atoms with Crippen LogP contribution in [0.25, 0.3) is 5.69 Å². The summed E-state index contributed by atoms with van der Waals surface area (Å²) >= 11 is 6.02. The zero-order valence-corrected chi connectivity index (χ0v) is 16.4. The molecule has 3 rings (SSSR count). The Labute approximate surface area is 169 Å². The number of rotatable bonds is 6. The highest BCUT2D eigenvalue weighted by molar-refractivity contribution is 6.32. The van der Waals surface area contributed by atoms with Gasteiger partial charge in [-0.05, 0) is 44.3 Å². The number of carbonyl (C=O) groups excluding carboxylic acids is 1. The zero-order valence-electron chi connectivity index (χ0n) is 15.6. The van der Waals surface area contributed by atoms with E-state index in [1.807, 2.05) is 66.2 Å². The summed E-state index contributed by atoms with van der Waals surface area (Å²) in [7, 11) is 1.88. The first-order valence-corrected chi connectivity index (χ1v) is 9.15. The van der Waals surface area contributed by atoms with Gasteiger partial charge in [-0.15, -0.1) is 0 Å². The van der Waals surface area contributed by atoms with Gasteiger partial charge in [-0.3, -0.25) is 9.69 Å². The van der Waals surface area contributed by atoms with E-state index in [4.69, 9.17) is 16.9 Å². The number of aromatic nitrogens is 2. The molecule has 1 heterocycles. The Morgan fingerprint density at radius 1 is 1.32 bits per heavy atom. The first kappa shape index (κ1) is 19.6. The molecule has 1 unspecified atom stereocenters. The molecule has 0 radical (unpaired) electrons. The van der Waals surface area contributed by atoms with Gasteiger partial charge in [0.2, 0.25) is 5.91 Å². The summed E-state index contributed by atoms with van der Waals surface area (Å²) in [6.45, 7) is 2.41. The Hall–Kier alpha value is -3.14. The van der Waals surface area contributed by atoms with Crippen LogP contribution < -0.4 is 5.32 Å². The van der Waals surface area contributed by atoms with Crippen LogP contribution in [0.1, 0.15) is 18.1 Å². The predicted molar refractivity (Wildman–Crippen MR) is 109 cm³/mol. The van der Waals surface area contributed by atoms with E-state index >= 15 is 0 Å². The number of benzene rings is 2. The molecule has 28 heavy (non-hydrogen) atoms. The van der Waals surface area contributed by atoms with Crippen LogP contribution in [0.2, 0.25) is 5.02 Å². The quantitative estimate of drug-likeness (QED) is 0.690. The van der Waals surface area contributed by atoms with Crippen molar-refractivity contribution in [1.29, 1.82) is 5.26 Å². The molecule has 0 fully saturated rings. The van der Waals surface area contributed by atoms with Crippen LogP contribution in [0.4, 0.5) is 5.69 Å². The van der Waals surface area contributed by atoms with E-state index in [1.54, 1.807) is 24.4 Å². The second kappa shape index (κ2) is 8.70. The normalized spacial score (nSPS) is 11.8. The van der Waals surface area contributed by atoms with Crippen LogP contribution in [0.5, 0.6) is 0 Å². The number of halogens is 1. The third-order valence-electron chi connectivity index (χ3n) is 4.49. The molecule has 0 aliphatic heterocycles. The minimum atomic E-state index is -0.366. The van der Waals surface area contributed by atoms with E-state index < -0.39 is 0 Å². The van der Waals surface area contributed by atoms with E-state index in [2.05, 4.69) is 10.4 Å². The molecule has 0 aliphatic rings. The number of anilines is 1. The lowest BCUT2D eigenvalue weighted by Gasteiger charge is -2.23. The molecule has 142 valence electrons. The standard InChI is InChI=1S/C21H20ClN5O/c1-15(21(28)25-18-9-8-17(11-23)20(22)10-18)26(2)13-16-12-24-27(14-16)19-6-4-3-5-7-19/h3-10,12,14-15H,13H2,1-2H3,(H,25,28). The fourth-order valence-electron chi connectivity index (χ4n) is 2.72. The molecule has 1 N–H and O–H groups in total. The topological polar surface area (TPSA) is 74.0 Å². The average molecular weight is 394 g/mol. The summed E-state index contributed by atoms with van der Waals surface area (Å²) in [6.07, 6.45) is 3.76. The highest BCUT2D eigenvalue weighted by atomic mass is 35.5. The monoisotopic (exact) mass is 393 g/mol. The highest BCUT2D eigenvalue weighted by Gasteiger charge is 2.19. The second-order valence-corrected chi connectivity index (χ2v) is 6.92. The number of nitriles is 1. The third kappa shape index (κ3) is 4.58. The van der Waals surface area contributed by atoms with Crippen LogP contribution in [-0.2, 0) is 11.3 Å². The smallest absolute Gasteiger partial charge is 0.241 e. The van der Waals surface area contributed by atoms with E-state index in [9.17, 15) is 4.79 Å². The van der Waals surface area contributed by atoms with Crippen LogP contribution in [-0.4, -0.2) is 33.7 Å². The zero-order chi connectivity index (χ0) is 20.1. The summed E-state index contributed by atoms with van der Waals surface area (Å²) in [6, 6.07) is 16.3. The number of hydrogen-bond acceptors (Lipinski definition) is 4. The summed E-state index contributed by atoms with van der Waals surface area (Å²) in [5.74, 6) is -0.154. The van der Waals surface area contributed by atoms with Crippen molar-refractivity contribution in [2.75, 3.05) is 12.4 Å². The van der Waals surface area contributed by atoms with Gasteiger partial charge < -0.3 is 5.32 Å². The van der Waals surface area contributed by atoms with Gasteiger partial charge in [-0.1, -0.05) is 29.8 Å². The van der Waals surface area contributed by atoms with Gasteiger partial charge in [0.25, 0.3) is 0 Å². The molecule has 1 atom stereocenters. The largest absolute Gasteiger partial charge is 0.325 e. The fourth-order valence-corrected chi connectivity index (χ4v) is 2.94. The number of para-hydroxylation sites is 1. The number of amides is 1. The molecule has 1 amide bonds. The molecule has 0 saturated heterocycles. The molecule has 3 aromatic rings. The van der Waals surface area contributed by atoms with Crippen molar-refractivity contribution in [3.8, 4) is 11.8 Å². The minimum Gasteiger partial charge on any atom is -0.325 e. The van der Waals surface area contributed by atoms with E-state index in [-0.39, 0.29) is 11.9 Å². The van der Waals surface area contributed by atoms with E-state index in [0.717, 1.165) is 11.3 Å². The molecule has 0 saturated carbocycles. The van der Waals surface area contributed by atoms with Crippen LogP contribution in [0.3, 0.4) is 0 Å². The highest BCUT2D eigenvalue weighted by Crippen LogP contribution is 2.20. The third-order valence-corrected chi connectivity index (χ3v) is 4.80. The maximum Gasteiger partial charge on any atom is 0.241 e. The SMILES string of the molecule is CC(C(=O)Nc1ccc(C#N)c(Cl)c1)N(C)Cc1cnn(-c2ccccc2)c1. The van der Waals surface area contributed by atoms with Crippen LogP contribution in [0.15, 0.2) is 60.9 Å². The Balaban J connectivity index is 1.62. The number of nitrogens with one attached hydrogen (secondary N) is 1. The van der Waals surface area contributed by atoms with E-state index in [1.165, 1.54) is 0 Å². The van der Waals surface area contributed by atoms with Crippen molar-refractivity contribution in [1.82, 2.24) is 14.7 Å². The Bertz CT molecular complexity index is 1010. The molecule has 6 nitrogen and oxygen atoms in total. The lowest BCUT2D eigenvalue weighted by molar-refractivity contribution is -0.120. The van der Waals surface area contributed by atoms with Gasteiger partial charge in [0.05, 0.1) is 28.5 Å². The molecule has 0 spiro atoms. The van der Waals surface area contributed by atoms with Crippen molar-refractivity contribution in [2.24, 2.45) is 0 Å². The summed E-state index contributed by atoms with van der Waals surface area (Å²) < 4.78 is 1.81. The molecular formula is C21H20ClN5O. The van der Waals surface area contributed by atoms with Gasteiger partial charge in [-0.2, -0.15) is 10.4 Å². The molecule has 2 aromatic carbocycles. The Morgan fingerprint density at radius 3 is 2.75 bits per heavy atom. The lowest BCUT2D eigenvalue weighted by Crippen LogP contribution is -2.39. The molecular weight excluding hydrogens is 374 g/mol. The van der Waals surface area contributed by atoms with Crippen molar-refractivity contribution < 1.29 is 4.79 Å². The maximum atomic E-state index is 12.6. The molecule has 1 aromatic heterocycles.